The minimum absolute atomic E-state index is 0.584. The molecule has 2 aliphatic rings. The van der Waals surface area contributed by atoms with E-state index in [4.69, 9.17) is 0 Å². The molecule has 1 aromatic heterocycles. The van der Waals surface area contributed by atoms with Crippen molar-refractivity contribution in [3.63, 3.8) is 0 Å². The summed E-state index contributed by atoms with van der Waals surface area (Å²) in [5.74, 6) is 1.73. The van der Waals surface area contributed by atoms with E-state index in [0.29, 0.717) is 18.0 Å². The smallest absolute Gasteiger partial charge is 0.203 e. The predicted octanol–water partition coefficient (Wildman–Crippen LogP) is 4.36. The van der Waals surface area contributed by atoms with Crippen molar-refractivity contribution >= 4 is 5.95 Å². The summed E-state index contributed by atoms with van der Waals surface area (Å²) < 4.78 is 2.35. The van der Waals surface area contributed by atoms with Crippen LogP contribution in [-0.2, 0) is 0 Å². The zero-order chi connectivity index (χ0) is 14.1. The van der Waals surface area contributed by atoms with Crippen molar-refractivity contribution in [2.24, 2.45) is 0 Å². The molecule has 0 radical (unpaired) electrons. The Hall–Kier alpha value is -1.77. The number of anilines is 1. The van der Waals surface area contributed by atoms with Crippen LogP contribution in [0.5, 0.6) is 0 Å². The summed E-state index contributed by atoms with van der Waals surface area (Å²) in [6.45, 7) is 0. The molecule has 2 unspecified atom stereocenters. The summed E-state index contributed by atoms with van der Waals surface area (Å²) in [6, 6.07) is 12.1. The highest BCUT2D eigenvalue weighted by atomic mass is 15.2. The van der Waals surface area contributed by atoms with Gasteiger partial charge in [0, 0.05) is 30.4 Å². The van der Waals surface area contributed by atoms with E-state index >= 15 is 0 Å². The minimum Gasteiger partial charge on any atom is -0.353 e. The van der Waals surface area contributed by atoms with Gasteiger partial charge in [-0.15, -0.1) is 0 Å². The molecular formula is C18H23N3. The first-order chi connectivity index (χ1) is 10.4. The van der Waals surface area contributed by atoms with Gasteiger partial charge in [-0.05, 0) is 24.8 Å². The maximum Gasteiger partial charge on any atom is 0.203 e. The summed E-state index contributed by atoms with van der Waals surface area (Å²) in [5, 5.41) is 3.67. The fraction of sp³-hybridized carbons (Fsp3) is 0.500. The molecule has 0 spiro atoms. The third-order valence-electron chi connectivity index (χ3n) is 4.95. The first-order valence-electron chi connectivity index (χ1n) is 8.26. The molecule has 1 heterocycles. The van der Waals surface area contributed by atoms with Crippen molar-refractivity contribution in [3.05, 3.63) is 48.3 Å². The lowest BCUT2D eigenvalue weighted by atomic mass is 9.96. The number of nitrogens with one attached hydrogen (secondary N) is 1. The Morgan fingerprint density at radius 3 is 2.67 bits per heavy atom. The SMILES string of the molecule is c1ccc(C2CC2n2ccnc2NC2CCCCC2)cc1. The largest absolute Gasteiger partial charge is 0.353 e. The topological polar surface area (TPSA) is 29.9 Å². The van der Waals surface area contributed by atoms with Crippen molar-refractivity contribution in [1.29, 1.82) is 0 Å². The molecule has 2 fully saturated rings. The third kappa shape index (κ3) is 2.69. The molecule has 3 nitrogen and oxygen atoms in total. The normalized spacial score (nSPS) is 25.7. The van der Waals surface area contributed by atoms with E-state index in [1.165, 1.54) is 44.1 Å². The van der Waals surface area contributed by atoms with Crippen molar-refractivity contribution in [2.75, 3.05) is 5.32 Å². The molecule has 1 N–H and O–H groups in total. The maximum atomic E-state index is 4.55. The lowest BCUT2D eigenvalue weighted by Gasteiger charge is -2.23. The highest BCUT2D eigenvalue weighted by Gasteiger charge is 2.40. The Balaban J connectivity index is 1.46. The molecule has 4 rings (SSSR count). The van der Waals surface area contributed by atoms with E-state index in [-0.39, 0.29) is 0 Å². The van der Waals surface area contributed by atoms with Crippen LogP contribution in [0.2, 0.25) is 0 Å². The zero-order valence-corrected chi connectivity index (χ0v) is 12.4. The molecule has 21 heavy (non-hydrogen) atoms. The van der Waals surface area contributed by atoms with Gasteiger partial charge in [0.25, 0.3) is 0 Å². The van der Waals surface area contributed by atoms with Gasteiger partial charge >= 0.3 is 0 Å². The van der Waals surface area contributed by atoms with Gasteiger partial charge in [-0.2, -0.15) is 0 Å². The first kappa shape index (κ1) is 12.9. The highest BCUT2D eigenvalue weighted by molar-refractivity contribution is 5.34. The van der Waals surface area contributed by atoms with Crippen molar-refractivity contribution in [2.45, 2.75) is 56.5 Å². The van der Waals surface area contributed by atoms with Crippen LogP contribution >= 0.6 is 0 Å². The molecule has 0 aliphatic heterocycles. The standard InChI is InChI=1S/C18H23N3/c1-3-7-14(8-4-1)16-13-17(16)21-12-11-19-18(21)20-15-9-5-2-6-10-15/h1,3-4,7-8,11-12,15-17H,2,5-6,9-10,13H2,(H,19,20). The van der Waals surface area contributed by atoms with Gasteiger partial charge in [0.05, 0.1) is 0 Å². The molecule has 2 atom stereocenters. The molecule has 110 valence electrons. The number of nitrogens with zero attached hydrogens (tertiary/aromatic N) is 2. The van der Waals surface area contributed by atoms with Crippen molar-refractivity contribution in [3.8, 4) is 0 Å². The fourth-order valence-corrected chi connectivity index (χ4v) is 3.67. The van der Waals surface area contributed by atoms with Crippen LogP contribution in [0.15, 0.2) is 42.7 Å². The van der Waals surface area contributed by atoms with Gasteiger partial charge < -0.3 is 9.88 Å². The van der Waals surface area contributed by atoms with E-state index in [9.17, 15) is 0 Å². The Labute approximate surface area is 126 Å². The second-order valence-electron chi connectivity index (χ2n) is 6.46. The number of hydrogen-bond donors (Lipinski definition) is 1. The van der Waals surface area contributed by atoms with Gasteiger partial charge in [-0.1, -0.05) is 49.6 Å². The Kier molecular flexibility index (Phi) is 3.42. The number of imidazole rings is 1. The van der Waals surface area contributed by atoms with Crippen LogP contribution in [0.3, 0.4) is 0 Å². The zero-order valence-electron chi connectivity index (χ0n) is 12.4. The van der Waals surface area contributed by atoms with E-state index in [2.05, 4.69) is 51.4 Å². The van der Waals surface area contributed by atoms with Crippen LogP contribution in [0, 0.1) is 0 Å². The predicted molar refractivity (Wildman–Crippen MR) is 85.6 cm³/mol. The Morgan fingerprint density at radius 2 is 1.86 bits per heavy atom. The average Bonchev–Trinajstić information content (AvgIpc) is 3.21. The number of rotatable bonds is 4. The second kappa shape index (κ2) is 5.55. The van der Waals surface area contributed by atoms with Gasteiger partial charge in [0.15, 0.2) is 0 Å². The van der Waals surface area contributed by atoms with Crippen LogP contribution in [-0.4, -0.2) is 15.6 Å². The Bertz CT molecular complexity index is 584. The summed E-state index contributed by atoms with van der Waals surface area (Å²) in [5.41, 5.74) is 1.46. The monoisotopic (exact) mass is 281 g/mol. The molecule has 0 amide bonds. The van der Waals surface area contributed by atoms with E-state index in [0.717, 1.165) is 5.95 Å². The molecule has 0 saturated heterocycles. The van der Waals surface area contributed by atoms with Crippen LogP contribution in [0.4, 0.5) is 5.95 Å². The van der Waals surface area contributed by atoms with Gasteiger partial charge in [-0.3, -0.25) is 0 Å². The quantitative estimate of drug-likeness (QED) is 0.902. The summed E-state index contributed by atoms with van der Waals surface area (Å²) in [4.78, 5) is 4.55. The van der Waals surface area contributed by atoms with Crippen molar-refractivity contribution < 1.29 is 0 Å². The van der Waals surface area contributed by atoms with Crippen LogP contribution in [0.25, 0.3) is 0 Å². The summed E-state index contributed by atoms with van der Waals surface area (Å²) in [7, 11) is 0. The van der Waals surface area contributed by atoms with Crippen LogP contribution < -0.4 is 5.32 Å². The van der Waals surface area contributed by atoms with E-state index in [1.54, 1.807) is 0 Å². The maximum absolute atomic E-state index is 4.55. The van der Waals surface area contributed by atoms with Crippen molar-refractivity contribution in [1.82, 2.24) is 9.55 Å². The average molecular weight is 281 g/mol. The van der Waals surface area contributed by atoms with Crippen LogP contribution in [0.1, 0.15) is 56.0 Å². The number of aromatic nitrogens is 2. The number of benzene rings is 1. The minimum atomic E-state index is 0.584. The molecule has 2 aliphatic carbocycles. The third-order valence-corrected chi connectivity index (χ3v) is 4.95. The van der Waals surface area contributed by atoms with Gasteiger partial charge in [0.1, 0.15) is 0 Å². The number of hydrogen-bond acceptors (Lipinski definition) is 2. The summed E-state index contributed by atoms with van der Waals surface area (Å²) >= 11 is 0. The van der Waals surface area contributed by atoms with E-state index in [1.807, 2.05) is 6.20 Å². The molecule has 3 heteroatoms. The second-order valence-corrected chi connectivity index (χ2v) is 6.46. The molecule has 1 aromatic carbocycles. The molecule has 0 bridgehead atoms. The van der Waals surface area contributed by atoms with Gasteiger partial charge in [0.2, 0.25) is 5.95 Å². The first-order valence-corrected chi connectivity index (χ1v) is 8.26. The fourth-order valence-electron chi connectivity index (χ4n) is 3.67. The summed E-state index contributed by atoms with van der Waals surface area (Å²) in [6.07, 6.45) is 12.0. The Morgan fingerprint density at radius 1 is 1.05 bits per heavy atom. The lowest BCUT2D eigenvalue weighted by Crippen LogP contribution is -2.24. The van der Waals surface area contributed by atoms with Gasteiger partial charge in [-0.25, -0.2) is 4.98 Å². The molecule has 2 saturated carbocycles. The molecular weight excluding hydrogens is 258 g/mol. The molecule has 2 aromatic rings. The lowest BCUT2D eigenvalue weighted by molar-refractivity contribution is 0.459. The highest BCUT2D eigenvalue weighted by Crippen LogP contribution is 2.52. The van der Waals surface area contributed by atoms with E-state index < -0.39 is 0 Å².